The van der Waals surface area contributed by atoms with Crippen molar-refractivity contribution < 1.29 is 9.90 Å². The summed E-state index contributed by atoms with van der Waals surface area (Å²) < 4.78 is 0. The van der Waals surface area contributed by atoms with Crippen molar-refractivity contribution in [2.75, 3.05) is 18.6 Å². The SMILES string of the molecule is CC(C)N(CCO)C(=O)c1ccnc(NN)c1. The molecule has 0 aliphatic rings. The molecule has 1 amide bonds. The van der Waals surface area contributed by atoms with Crippen molar-refractivity contribution >= 4 is 11.7 Å². The van der Waals surface area contributed by atoms with Crippen molar-refractivity contribution in [2.24, 2.45) is 5.84 Å². The number of nitrogens with two attached hydrogens (primary N) is 1. The molecule has 0 spiro atoms. The second-order valence-corrected chi connectivity index (χ2v) is 3.89. The number of nitrogens with one attached hydrogen (secondary N) is 1. The number of hydrazine groups is 1. The Balaban J connectivity index is 2.92. The molecule has 0 atom stereocenters. The first-order valence-electron chi connectivity index (χ1n) is 5.44. The predicted octanol–water partition coefficient (Wildman–Crippen LogP) is 0.210. The van der Waals surface area contributed by atoms with Gasteiger partial charge in [0.05, 0.1) is 6.61 Å². The highest BCUT2D eigenvalue weighted by atomic mass is 16.3. The van der Waals surface area contributed by atoms with Crippen LogP contribution in [0.15, 0.2) is 18.3 Å². The zero-order valence-electron chi connectivity index (χ0n) is 10.1. The van der Waals surface area contributed by atoms with E-state index in [2.05, 4.69) is 10.4 Å². The average Bonchev–Trinajstić information content (AvgIpc) is 2.34. The maximum absolute atomic E-state index is 12.2. The summed E-state index contributed by atoms with van der Waals surface area (Å²) in [5.74, 6) is 5.52. The monoisotopic (exact) mass is 238 g/mol. The Bertz CT molecular complexity index is 381. The van der Waals surface area contributed by atoms with Crippen molar-refractivity contribution in [1.29, 1.82) is 0 Å². The lowest BCUT2D eigenvalue weighted by Gasteiger charge is -2.26. The van der Waals surface area contributed by atoms with Gasteiger partial charge in [0, 0.05) is 24.3 Å². The zero-order valence-corrected chi connectivity index (χ0v) is 10.1. The molecule has 0 saturated heterocycles. The van der Waals surface area contributed by atoms with Crippen molar-refractivity contribution in [3.8, 4) is 0 Å². The number of aromatic nitrogens is 1. The summed E-state index contributed by atoms with van der Waals surface area (Å²) in [5, 5.41) is 8.94. The van der Waals surface area contributed by atoms with Crippen molar-refractivity contribution in [1.82, 2.24) is 9.88 Å². The number of aliphatic hydroxyl groups excluding tert-OH is 1. The normalized spacial score (nSPS) is 10.4. The first kappa shape index (κ1) is 13.4. The second-order valence-electron chi connectivity index (χ2n) is 3.89. The fraction of sp³-hybridized carbons (Fsp3) is 0.455. The van der Waals surface area contributed by atoms with E-state index in [-0.39, 0.29) is 18.6 Å². The Morgan fingerprint density at radius 2 is 2.35 bits per heavy atom. The highest BCUT2D eigenvalue weighted by molar-refractivity contribution is 5.95. The van der Waals surface area contributed by atoms with Crippen LogP contribution in [0.4, 0.5) is 5.82 Å². The largest absolute Gasteiger partial charge is 0.395 e. The van der Waals surface area contributed by atoms with E-state index in [0.717, 1.165) is 0 Å². The highest BCUT2D eigenvalue weighted by Crippen LogP contribution is 2.11. The molecule has 0 radical (unpaired) electrons. The Hall–Kier alpha value is -1.66. The number of aliphatic hydroxyl groups is 1. The topological polar surface area (TPSA) is 91.5 Å². The van der Waals surface area contributed by atoms with Gasteiger partial charge in [0.25, 0.3) is 5.91 Å². The van der Waals surface area contributed by atoms with E-state index >= 15 is 0 Å². The van der Waals surface area contributed by atoms with Gasteiger partial charge in [0.15, 0.2) is 0 Å². The van der Waals surface area contributed by atoms with Gasteiger partial charge < -0.3 is 15.4 Å². The fourth-order valence-corrected chi connectivity index (χ4v) is 1.51. The van der Waals surface area contributed by atoms with Crippen LogP contribution in [-0.4, -0.2) is 40.1 Å². The summed E-state index contributed by atoms with van der Waals surface area (Å²) in [6, 6.07) is 3.22. The quantitative estimate of drug-likeness (QED) is 0.504. The number of nitrogen functional groups attached to an aromatic ring is 1. The van der Waals surface area contributed by atoms with E-state index in [4.69, 9.17) is 10.9 Å². The van der Waals surface area contributed by atoms with Crippen LogP contribution in [0.5, 0.6) is 0 Å². The number of carbonyl (C=O) groups excluding carboxylic acids is 1. The lowest BCUT2D eigenvalue weighted by molar-refractivity contribution is 0.0665. The van der Waals surface area contributed by atoms with Crippen molar-refractivity contribution in [3.63, 3.8) is 0 Å². The molecule has 94 valence electrons. The summed E-state index contributed by atoms with van der Waals surface area (Å²) in [5.41, 5.74) is 2.89. The van der Waals surface area contributed by atoms with Gasteiger partial charge >= 0.3 is 0 Å². The minimum atomic E-state index is -0.145. The molecule has 17 heavy (non-hydrogen) atoms. The molecule has 6 nitrogen and oxygen atoms in total. The number of carbonyl (C=O) groups is 1. The van der Waals surface area contributed by atoms with Crippen LogP contribution in [0.3, 0.4) is 0 Å². The van der Waals surface area contributed by atoms with Crippen LogP contribution < -0.4 is 11.3 Å². The molecular weight excluding hydrogens is 220 g/mol. The Labute approximate surface area is 100 Å². The molecule has 0 bridgehead atoms. The minimum Gasteiger partial charge on any atom is -0.395 e. The first-order valence-corrected chi connectivity index (χ1v) is 5.44. The van der Waals surface area contributed by atoms with Crippen LogP contribution in [0.1, 0.15) is 24.2 Å². The Morgan fingerprint density at radius 3 is 2.88 bits per heavy atom. The van der Waals surface area contributed by atoms with Gasteiger partial charge in [0.1, 0.15) is 5.82 Å². The summed E-state index contributed by atoms with van der Waals surface area (Å²) in [4.78, 5) is 17.7. The Kier molecular flexibility index (Phi) is 4.86. The third-order valence-corrected chi connectivity index (χ3v) is 2.38. The van der Waals surface area contributed by atoms with Crippen LogP contribution >= 0.6 is 0 Å². The number of amides is 1. The molecule has 1 aromatic heterocycles. The third-order valence-electron chi connectivity index (χ3n) is 2.38. The van der Waals surface area contributed by atoms with Crippen LogP contribution in [0.25, 0.3) is 0 Å². The van der Waals surface area contributed by atoms with Crippen LogP contribution in [0, 0.1) is 0 Å². The number of rotatable bonds is 5. The van der Waals surface area contributed by atoms with Crippen molar-refractivity contribution in [2.45, 2.75) is 19.9 Å². The maximum Gasteiger partial charge on any atom is 0.254 e. The predicted molar refractivity (Wildman–Crippen MR) is 65.3 cm³/mol. The molecule has 1 aromatic rings. The van der Waals surface area contributed by atoms with Crippen LogP contribution in [0.2, 0.25) is 0 Å². The fourth-order valence-electron chi connectivity index (χ4n) is 1.51. The number of hydrogen-bond acceptors (Lipinski definition) is 5. The van der Waals surface area contributed by atoms with E-state index < -0.39 is 0 Å². The van der Waals surface area contributed by atoms with E-state index in [1.807, 2.05) is 13.8 Å². The Morgan fingerprint density at radius 1 is 1.65 bits per heavy atom. The molecule has 0 unspecified atom stereocenters. The van der Waals surface area contributed by atoms with Crippen LogP contribution in [-0.2, 0) is 0 Å². The summed E-state index contributed by atoms with van der Waals surface area (Å²) in [7, 11) is 0. The number of pyridine rings is 1. The molecule has 4 N–H and O–H groups in total. The smallest absolute Gasteiger partial charge is 0.254 e. The van der Waals surface area contributed by atoms with Gasteiger partial charge in [-0.15, -0.1) is 0 Å². The van der Waals surface area contributed by atoms with E-state index in [1.54, 1.807) is 17.0 Å². The molecule has 6 heteroatoms. The van der Waals surface area contributed by atoms with Crippen molar-refractivity contribution in [3.05, 3.63) is 23.9 Å². The number of nitrogens with zero attached hydrogens (tertiary/aromatic N) is 2. The lowest BCUT2D eigenvalue weighted by atomic mass is 10.2. The standard InChI is InChI=1S/C11H18N4O2/c1-8(2)15(5-6-16)11(17)9-3-4-13-10(7-9)14-12/h3-4,7-8,16H,5-6,12H2,1-2H3,(H,13,14). The van der Waals surface area contributed by atoms with E-state index in [9.17, 15) is 4.79 Å². The molecule has 1 rings (SSSR count). The van der Waals surface area contributed by atoms with Gasteiger partial charge in [-0.05, 0) is 26.0 Å². The molecule has 0 aromatic carbocycles. The minimum absolute atomic E-state index is 0.0251. The van der Waals surface area contributed by atoms with Gasteiger partial charge in [-0.1, -0.05) is 0 Å². The van der Waals surface area contributed by atoms with E-state index in [1.165, 1.54) is 6.20 Å². The molecule has 0 aliphatic carbocycles. The summed E-state index contributed by atoms with van der Waals surface area (Å²) in [6.45, 7) is 4.05. The van der Waals surface area contributed by atoms with E-state index in [0.29, 0.717) is 17.9 Å². The average molecular weight is 238 g/mol. The van der Waals surface area contributed by atoms with Gasteiger partial charge in [-0.2, -0.15) is 0 Å². The molecule has 0 aliphatic heterocycles. The molecular formula is C11H18N4O2. The lowest BCUT2D eigenvalue weighted by Crippen LogP contribution is -2.39. The molecule has 0 fully saturated rings. The van der Waals surface area contributed by atoms with Gasteiger partial charge in [0.2, 0.25) is 0 Å². The zero-order chi connectivity index (χ0) is 12.8. The summed E-state index contributed by atoms with van der Waals surface area (Å²) in [6.07, 6.45) is 1.51. The van der Waals surface area contributed by atoms with Gasteiger partial charge in [-0.3, -0.25) is 4.79 Å². The van der Waals surface area contributed by atoms with Gasteiger partial charge in [-0.25, -0.2) is 10.8 Å². The first-order chi connectivity index (χ1) is 8.10. The molecule has 1 heterocycles. The molecule has 0 saturated carbocycles. The maximum atomic E-state index is 12.2. The highest BCUT2D eigenvalue weighted by Gasteiger charge is 2.18. The summed E-state index contributed by atoms with van der Waals surface area (Å²) >= 11 is 0. The third kappa shape index (κ3) is 3.40. The number of hydrogen-bond donors (Lipinski definition) is 3. The number of anilines is 1. The second kappa shape index (κ2) is 6.17.